The Labute approximate surface area is 61.2 Å². The summed E-state index contributed by atoms with van der Waals surface area (Å²) in [7, 11) is 1.53. The van der Waals surface area contributed by atoms with Crippen molar-refractivity contribution in [2.75, 3.05) is 20.2 Å². The number of hydrogen-bond donors (Lipinski definition) is 2. The lowest BCUT2D eigenvalue weighted by Crippen LogP contribution is -2.56. The van der Waals surface area contributed by atoms with Gasteiger partial charge < -0.3 is 16.3 Å². The van der Waals surface area contributed by atoms with Crippen molar-refractivity contribution in [3.8, 4) is 0 Å². The molecular weight excluding hydrogens is 130 g/mol. The Morgan fingerprint density at radius 3 is 2.70 bits per heavy atom. The number of nitrogens with zero attached hydrogens (tertiary/aromatic N) is 1. The molecule has 5 N–H and O–H groups in total. The van der Waals surface area contributed by atoms with Gasteiger partial charge in [0, 0.05) is 6.54 Å². The zero-order valence-electron chi connectivity index (χ0n) is 6.63. The lowest BCUT2D eigenvalue weighted by molar-refractivity contribution is -0.373. The molecule has 4 nitrogen and oxygen atoms in total. The largest absolute Gasteiger partial charge is 0.399 e. The molecule has 0 heterocycles. The summed E-state index contributed by atoms with van der Waals surface area (Å²) in [6.07, 6.45) is 0. The van der Waals surface area contributed by atoms with Crippen molar-refractivity contribution >= 4 is 5.71 Å². The smallest absolute Gasteiger partial charge is 0.106 e. The average Bonchev–Trinajstić information content (AvgIpc) is 1.91. The molecule has 0 aliphatic rings. The van der Waals surface area contributed by atoms with E-state index in [1.54, 1.807) is 0 Å². The van der Waals surface area contributed by atoms with Crippen LogP contribution in [0.5, 0.6) is 0 Å². The highest BCUT2D eigenvalue weighted by molar-refractivity contribution is 5.84. The molecule has 4 heteroatoms. The van der Waals surface area contributed by atoms with Gasteiger partial charge in [-0.2, -0.15) is 0 Å². The summed E-state index contributed by atoms with van der Waals surface area (Å²) in [5.41, 5.74) is 10.1. The molecule has 10 heavy (non-hydrogen) atoms. The van der Waals surface area contributed by atoms with E-state index in [1.165, 1.54) is 7.11 Å². The van der Waals surface area contributed by atoms with Gasteiger partial charge in [0.1, 0.15) is 7.11 Å². The second-order valence-electron chi connectivity index (χ2n) is 2.14. The molecule has 0 rings (SSSR count). The molecule has 60 valence electrons. The number of oxime groups is 1. The van der Waals surface area contributed by atoms with E-state index in [0.717, 1.165) is 12.3 Å². The van der Waals surface area contributed by atoms with Crippen LogP contribution in [0.3, 0.4) is 0 Å². The van der Waals surface area contributed by atoms with Gasteiger partial charge in [0.05, 0.1) is 18.2 Å². The summed E-state index contributed by atoms with van der Waals surface area (Å²) in [5.74, 6) is 0.264. The predicted molar refractivity (Wildman–Crippen MR) is 40.4 cm³/mol. The Kier molecular flexibility index (Phi) is 4.88. The van der Waals surface area contributed by atoms with Crippen molar-refractivity contribution in [1.29, 1.82) is 0 Å². The normalized spacial score (nSPS) is 15.0. The van der Waals surface area contributed by atoms with Gasteiger partial charge in [-0.1, -0.05) is 5.16 Å². The monoisotopic (exact) mass is 146 g/mol. The van der Waals surface area contributed by atoms with Crippen molar-refractivity contribution in [2.24, 2.45) is 16.8 Å². The maximum absolute atomic E-state index is 5.44. The van der Waals surface area contributed by atoms with Gasteiger partial charge in [-0.25, -0.2) is 0 Å². The van der Waals surface area contributed by atoms with Crippen LogP contribution in [0.1, 0.15) is 6.92 Å². The predicted octanol–water partition coefficient (Wildman–Crippen LogP) is -1.17. The summed E-state index contributed by atoms with van der Waals surface area (Å²) >= 11 is 0. The van der Waals surface area contributed by atoms with Crippen molar-refractivity contribution in [3.63, 3.8) is 0 Å². The van der Waals surface area contributed by atoms with Crippen LogP contribution < -0.4 is 11.5 Å². The van der Waals surface area contributed by atoms with Gasteiger partial charge >= 0.3 is 0 Å². The van der Waals surface area contributed by atoms with E-state index in [9.17, 15) is 0 Å². The standard InChI is InChI=1S/C6H15N3O/c1-5(9-10-2)6(3-7)4-8/h6H,3-4,7-8H2,1-2H3/p+1/b9-5+. The van der Waals surface area contributed by atoms with Gasteiger partial charge in [0.2, 0.25) is 0 Å². The maximum Gasteiger partial charge on any atom is 0.106 e. The Balaban J connectivity index is 3.87. The van der Waals surface area contributed by atoms with Crippen molar-refractivity contribution in [1.82, 2.24) is 0 Å². The third-order valence-electron chi connectivity index (χ3n) is 1.46. The summed E-state index contributed by atoms with van der Waals surface area (Å²) in [5, 5.41) is 3.76. The summed E-state index contributed by atoms with van der Waals surface area (Å²) in [6, 6.07) is 0. The maximum atomic E-state index is 5.44. The van der Waals surface area contributed by atoms with E-state index < -0.39 is 0 Å². The van der Waals surface area contributed by atoms with Crippen LogP contribution in [0.2, 0.25) is 0 Å². The van der Waals surface area contributed by atoms with E-state index >= 15 is 0 Å². The van der Waals surface area contributed by atoms with Crippen molar-refractivity contribution in [3.05, 3.63) is 0 Å². The van der Waals surface area contributed by atoms with Crippen LogP contribution in [-0.4, -0.2) is 25.9 Å². The highest BCUT2D eigenvalue weighted by atomic mass is 16.6. The SMILES string of the molecule is CO/N=C(\C)C(CN)C[NH3+]. The van der Waals surface area contributed by atoms with E-state index in [4.69, 9.17) is 5.73 Å². The Bertz CT molecular complexity index is 110. The minimum absolute atomic E-state index is 0.264. The van der Waals surface area contributed by atoms with Crippen LogP contribution in [0.15, 0.2) is 5.16 Å². The average molecular weight is 146 g/mol. The van der Waals surface area contributed by atoms with Crippen molar-refractivity contribution in [2.45, 2.75) is 6.92 Å². The van der Waals surface area contributed by atoms with Crippen LogP contribution in [0.25, 0.3) is 0 Å². The molecule has 0 aromatic rings. The number of hydrogen-bond acceptors (Lipinski definition) is 3. The van der Waals surface area contributed by atoms with Gasteiger partial charge in [-0.3, -0.25) is 0 Å². The summed E-state index contributed by atoms with van der Waals surface area (Å²) in [6.45, 7) is 3.25. The molecule has 0 aromatic carbocycles. The molecule has 1 unspecified atom stereocenters. The van der Waals surface area contributed by atoms with Crippen LogP contribution in [0.4, 0.5) is 0 Å². The molecule has 0 saturated carbocycles. The summed E-state index contributed by atoms with van der Waals surface area (Å²) < 4.78 is 0. The van der Waals surface area contributed by atoms with Gasteiger partial charge in [0.25, 0.3) is 0 Å². The van der Waals surface area contributed by atoms with E-state index in [1.807, 2.05) is 6.92 Å². The van der Waals surface area contributed by atoms with Gasteiger partial charge in [-0.15, -0.1) is 0 Å². The fraction of sp³-hybridized carbons (Fsp3) is 0.833. The second kappa shape index (κ2) is 5.20. The number of rotatable bonds is 4. The second-order valence-corrected chi connectivity index (χ2v) is 2.14. The van der Waals surface area contributed by atoms with E-state index in [0.29, 0.717) is 6.54 Å². The van der Waals surface area contributed by atoms with E-state index in [2.05, 4.69) is 15.7 Å². The molecule has 0 aromatic heterocycles. The summed E-state index contributed by atoms with van der Waals surface area (Å²) in [4.78, 5) is 4.59. The van der Waals surface area contributed by atoms with Gasteiger partial charge in [0.15, 0.2) is 0 Å². The molecular formula is C6H16N3O+. The third kappa shape index (κ3) is 2.80. The molecule has 0 radical (unpaired) electrons. The van der Waals surface area contributed by atoms with Crippen LogP contribution >= 0.6 is 0 Å². The fourth-order valence-corrected chi connectivity index (χ4v) is 0.716. The first-order valence-electron chi connectivity index (χ1n) is 3.33. The fourth-order valence-electron chi connectivity index (χ4n) is 0.716. The van der Waals surface area contributed by atoms with Gasteiger partial charge in [-0.05, 0) is 6.92 Å². The molecule has 0 bridgehead atoms. The molecule has 0 amide bonds. The Hall–Kier alpha value is -0.610. The quantitative estimate of drug-likeness (QED) is 0.387. The zero-order valence-corrected chi connectivity index (χ0v) is 6.63. The van der Waals surface area contributed by atoms with E-state index in [-0.39, 0.29) is 5.92 Å². The Morgan fingerprint density at radius 2 is 2.40 bits per heavy atom. The topological polar surface area (TPSA) is 75.2 Å². The highest BCUT2D eigenvalue weighted by Gasteiger charge is 2.09. The minimum atomic E-state index is 0.264. The number of quaternary nitrogens is 1. The molecule has 0 aliphatic heterocycles. The third-order valence-corrected chi connectivity index (χ3v) is 1.46. The lowest BCUT2D eigenvalue weighted by Gasteiger charge is -2.07. The first-order valence-corrected chi connectivity index (χ1v) is 3.33. The van der Waals surface area contributed by atoms with Crippen LogP contribution in [0, 0.1) is 5.92 Å². The molecule has 0 saturated heterocycles. The molecule has 0 aliphatic carbocycles. The Morgan fingerprint density at radius 1 is 1.80 bits per heavy atom. The van der Waals surface area contributed by atoms with Crippen LogP contribution in [-0.2, 0) is 4.84 Å². The molecule has 0 fully saturated rings. The highest BCUT2D eigenvalue weighted by Crippen LogP contribution is 1.93. The number of nitrogens with two attached hydrogens (primary N) is 1. The minimum Gasteiger partial charge on any atom is -0.399 e. The van der Waals surface area contributed by atoms with Crippen molar-refractivity contribution < 1.29 is 10.6 Å². The molecule has 0 spiro atoms. The molecule has 1 atom stereocenters. The lowest BCUT2D eigenvalue weighted by atomic mass is 10.1. The first kappa shape index (κ1) is 9.39. The first-order chi connectivity index (χ1) is 4.76. The zero-order chi connectivity index (χ0) is 7.98.